The normalized spacial score (nSPS) is 20.1. The maximum Gasteiger partial charge on any atom is 0.338 e. The summed E-state index contributed by atoms with van der Waals surface area (Å²) in [5.41, 5.74) is 0.132. The average molecular weight is 409 g/mol. The molecule has 0 saturated carbocycles. The van der Waals surface area contributed by atoms with E-state index in [-0.39, 0.29) is 16.4 Å². The second kappa shape index (κ2) is 8.61. The number of sulfonamides is 1. The smallest absolute Gasteiger partial charge is 0.338 e. The Kier molecular flexibility index (Phi) is 6.40. The third-order valence-corrected chi connectivity index (χ3v) is 7.39. The van der Waals surface area contributed by atoms with Crippen molar-refractivity contribution in [2.24, 2.45) is 5.92 Å². The van der Waals surface area contributed by atoms with Crippen LogP contribution in [0.5, 0.6) is 0 Å². The van der Waals surface area contributed by atoms with Crippen LogP contribution in [0.4, 0.5) is 0 Å². The van der Waals surface area contributed by atoms with Crippen molar-refractivity contribution >= 4 is 21.9 Å². The zero-order valence-electron chi connectivity index (χ0n) is 16.5. The summed E-state index contributed by atoms with van der Waals surface area (Å²) in [4.78, 5) is 26.8. The minimum absolute atomic E-state index is 0.0767. The van der Waals surface area contributed by atoms with Crippen molar-refractivity contribution in [2.75, 3.05) is 26.2 Å². The summed E-state index contributed by atoms with van der Waals surface area (Å²) in [6.07, 6.45) is 2.68. The van der Waals surface area contributed by atoms with Gasteiger partial charge >= 0.3 is 5.97 Å². The summed E-state index contributed by atoms with van der Waals surface area (Å²) in [5, 5.41) is 0. The Hall–Kier alpha value is -1.93. The van der Waals surface area contributed by atoms with Crippen LogP contribution in [0, 0.1) is 5.92 Å². The molecule has 1 aromatic rings. The van der Waals surface area contributed by atoms with Crippen LogP contribution in [0.1, 0.15) is 49.9 Å². The Balaban J connectivity index is 1.66. The number of rotatable bonds is 5. The summed E-state index contributed by atoms with van der Waals surface area (Å²) in [6.45, 7) is 6.06. The number of benzene rings is 1. The molecule has 2 fully saturated rings. The number of hydrogen-bond donors (Lipinski definition) is 0. The van der Waals surface area contributed by atoms with Crippen molar-refractivity contribution in [1.29, 1.82) is 0 Å². The lowest BCUT2D eigenvalue weighted by molar-refractivity contribution is -0.141. The van der Waals surface area contributed by atoms with E-state index in [1.807, 2.05) is 0 Å². The number of nitrogens with zero attached hydrogens (tertiary/aromatic N) is 2. The maximum atomic E-state index is 12.7. The van der Waals surface area contributed by atoms with Crippen LogP contribution in [-0.2, 0) is 19.6 Å². The molecule has 1 aromatic carbocycles. The van der Waals surface area contributed by atoms with Gasteiger partial charge in [-0.1, -0.05) is 13.0 Å². The van der Waals surface area contributed by atoms with E-state index in [1.54, 1.807) is 11.8 Å². The summed E-state index contributed by atoms with van der Waals surface area (Å²) >= 11 is 0. The van der Waals surface area contributed by atoms with E-state index >= 15 is 0 Å². The lowest BCUT2D eigenvalue weighted by Gasteiger charge is -2.31. The van der Waals surface area contributed by atoms with Crippen molar-refractivity contribution in [3.05, 3.63) is 29.8 Å². The molecule has 0 bridgehead atoms. The highest BCUT2D eigenvalue weighted by molar-refractivity contribution is 7.89. The highest BCUT2D eigenvalue weighted by Crippen LogP contribution is 2.22. The fourth-order valence-corrected chi connectivity index (χ4v) is 5.19. The fraction of sp³-hybridized carbons (Fsp3) is 0.600. The lowest BCUT2D eigenvalue weighted by Crippen LogP contribution is -2.44. The van der Waals surface area contributed by atoms with Crippen molar-refractivity contribution in [3.63, 3.8) is 0 Å². The standard InChI is InChI=1S/C20H28N2O5S/c1-15-8-12-21(13-9-15)19(23)16(2)27-20(24)17-6-5-7-18(14-17)28(25,26)22-10-3-4-11-22/h5-7,14-16H,3-4,8-13H2,1-2H3/t16-/m1/s1. The number of carbonyl (C=O) groups is 2. The molecule has 0 spiro atoms. The minimum Gasteiger partial charge on any atom is -0.449 e. The van der Waals surface area contributed by atoms with E-state index in [9.17, 15) is 18.0 Å². The Morgan fingerprint density at radius 2 is 1.75 bits per heavy atom. The molecular formula is C20H28N2O5S. The van der Waals surface area contributed by atoms with E-state index in [4.69, 9.17) is 4.74 Å². The average Bonchev–Trinajstić information content (AvgIpc) is 3.24. The molecule has 3 rings (SSSR count). The van der Waals surface area contributed by atoms with Crippen molar-refractivity contribution < 1.29 is 22.7 Å². The van der Waals surface area contributed by atoms with Crippen LogP contribution >= 0.6 is 0 Å². The zero-order valence-corrected chi connectivity index (χ0v) is 17.3. The van der Waals surface area contributed by atoms with Gasteiger partial charge in [-0.25, -0.2) is 13.2 Å². The lowest BCUT2D eigenvalue weighted by atomic mass is 9.99. The largest absolute Gasteiger partial charge is 0.449 e. The molecule has 0 aromatic heterocycles. The SMILES string of the molecule is CC1CCN(C(=O)[C@@H](C)OC(=O)c2cccc(S(=O)(=O)N3CCCC3)c2)CC1. The van der Waals surface area contributed by atoms with E-state index in [1.165, 1.54) is 28.6 Å². The number of hydrogen-bond acceptors (Lipinski definition) is 5. The van der Waals surface area contributed by atoms with Gasteiger partial charge in [0.1, 0.15) is 0 Å². The molecule has 0 N–H and O–H groups in total. The van der Waals surface area contributed by atoms with Gasteiger partial charge in [-0.05, 0) is 56.7 Å². The predicted octanol–water partition coefficient (Wildman–Crippen LogP) is 2.27. The number of likely N-dealkylation sites (tertiary alicyclic amines) is 1. The van der Waals surface area contributed by atoms with E-state index < -0.39 is 22.1 Å². The molecule has 2 heterocycles. The van der Waals surface area contributed by atoms with Gasteiger partial charge in [0, 0.05) is 26.2 Å². The first-order valence-electron chi connectivity index (χ1n) is 9.89. The number of amides is 1. The van der Waals surface area contributed by atoms with Crippen LogP contribution in [0.3, 0.4) is 0 Å². The predicted molar refractivity (Wildman–Crippen MR) is 104 cm³/mol. The summed E-state index contributed by atoms with van der Waals surface area (Å²) in [6, 6.07) is 5.84. The van der Waals surface area contributed by atoms with Gasteiger partial charge in [-0.3, -0.25) is 4.79 Å². The quantitative estimate of drug-likeness (QED) is 0.698. The molecule has 28 heavy (non-hydrogen) atoms. The highest BCUT2D eigenvalue weighted by Gasteiger charge is 2.29. The summed E-state index contributed by atoms with van der Waals surface area (Å²) < 4.78 is 32.1. The van der Waals surface area contributed by atoms with Gasteiger partial charge < -0.3 is 9.64 Å². The molecule has 8 heteroatoms. The van der Waals surface area contributed by atoms with Gasteiger partial charge in [0.2, 0.25) is 10.0 Å². The van der Waals surface area contributed by atoms with Gasteiger partial charge in [-0.2, -0.15) is 4.31 Å². The van der Waals surface area contributed by atoms with Gasteiger partial charge in [0.05, 0.1) is 10.5 Å². The summed E-state index contributed by atoms with van der Waals surface area (Å²) in [7, 11) is -3.61. The Labute approximate surface area is 166 Å². The molecule has 154 valence electrons. The third-order valence-electron chi connectivity index (χ3n) is 5.50. The van der Waals surface area contributed by atoms with Crippen LogP contribution < -0.4 is 0 Å². The fourth-order valence-electron chi connectivity index (χ4n) is 3.63. The minimum atomic E-state index is -3.61. The van der Waals surface area contributed by atoms with Crippen molar-refractivity contribution in [1.82, 2.24) is 9.21 Å². The van der Waals surface area contributed by atoms with E-state index in [2.05, 4.69) is 6.92 Å². The van der Waals surface area contributed by atoms with E-state index in [0.717, 1.165) is 25.7 Å². The maximum absolute atomic E-state index is 12.7. The van der Waals surface area contributed by atoms with E-state index in [0.29, 0.717) is 32.1 Å². The Morgan fingerprint density at radius 3 is 2.39 bits per heavy atom. The molecule has 1 atom stereocenters. The molecule has 0 unspecified atom stereocenters. The first-order chi connectivity index (χ1) is 13.3. The Bertz CT molecular complexity index is 825. The van der Waals surface area contributed by atoms with Gasteiger partial charge in [-0.15, -0.1) is 0 Å². The van der Waals surface area contributed by atoms with Gasteiger partial charge in [0.15, 0.2) is 6.10 Å². The monoisotopic (exact) mass is 408 g/mol. The number of ether oxygens (including phenoxy) is 1. The molecule has 0 radical (unpaired) electrons. The molecular weight excluding hydrogens is 380 g/mol. The van der Waals surface area contributed by atoms with Gasteiger partial charge in [0.25, 0.3) is 5.91 Å². The van der Waals surface area contributed by atoms with Crippen LogP contribution in [0.15, 0.2) is 29.2 Å². The van der Waals surface area contributed by atoms with Crippen LogP contribution in [0.2, 0.25) is 0 Å². The van der Waals surface area contributed by atoms with Crippen LogP contribution in [0.25, 0.3) is 0 Å². The second-order valence-electron chi connectivity index (χ2n) is 7.69. The molecule has 2 aliphatic rings. The van der Waals surface area contributed by atoms with Crippen LogP contribution in [-0.4, -0.2) is 61.8 Å². The molecule has 0 aliphatic carbocycles. The van der Waals surface area contributed by atoms with Crippen molar-refractivity contribution in [3.8, 4) is 0 Å². The van der Waals surface area contributed by atoms with Crippen molar-refractivity contribution in [2.45, 2.75) is 50.5 Å². The second-order valence-corrected chi connectivity index (χ2v) is 9.63. The number of piperidine rings is 1. The zero-order chi connectivity index (χ0) is 20.3. The Morgan fingerprint density at radius 1 is 1.11 bits per heavy atom. The number of esters is 1. The first-order valence-corrected chi connectivity index (χ1v) is 11.3. The third kappa shape index (κ3) is 4.55. The highest BCUT2D eigenvalue weighted by atomic mass is 32.2. The molecule has 7 nitrogen and oxygen atoms in total. The molecule has 1 amide bonds. The molecule has 2 saturated heterocycles. The summed E-state index contributed by atoms with van der Waals surface area (Å²) in [5.74, 6) is -0.298. The first kappa shape index (κ1) is 20.8. The number of carbonyl (C=O) groups excluding carboxylic acids is 2. The topological polar surface area (TPSA) is 84.0 Å². The molecule has 2 aliphatic heterocycles.